The number of aromatic nitrogens is 3. The topological polar surface area (TPSA) is 41.9 Å². The van der Waals surface area contributed by atoms with Gasteiger partial charge in [-0.1, -0.05) is 12.8 Å². The monoisotopic (exact) mass is 338 g/mol. The first kappa shape index (κ1) is 15.5. The van der Waals surface area contributed by atoms with E-state index in [9.17, 15) is 0 Å². The average Bonchev–Trinajstić information content (AvgIpc) is 3.23. The van der Waals surface area contributed by atoms with Crippen LogP contribution in [0.5, 0.6) is 0 Å². The van der Waals surface area contributed by atoms with E-state index in [2.05, 4.69) is 40.8 Å². The lowest BCUT2D eigenvalue weighted by Gasteiger charge is -2.31. The molecule has 0 aromatic carbocycles. The van der Waals surface area contributed by atoms with Gasteiger partial charge in [-0.3, -0.25) is 4.98 Å². The highest BCUT2D eigenvalue weighted by Gasteiger charge is 2.26. The van der Waals surface area contributed by atoms with E-state index in [4.69, 9.17) is 4.98 Å². The van der Waals surface area contributed by atoms with Gasteiger partial charge in [0.1, 0.15) is 17.0 Å². The quantitative estimate of drug-likeness (QED) is 0.694. The molecule has 1 aliphatic carbocycles. The Labute approximate surface area is 146 Å². The molecule has 3 aromatic rings. The molecular weight excluding hydrogens is 316 g/mol. The third-order valence-corrected chi connectivity index (χ3v) is 6.20. The Bertz CT molecular complexity index is 837. The van der Waals surface area contributed by atoms with Gasteiger partial charge in [-0.05, 0) is 49.9 Å². The van der Waals surface area contributed by atoms with Crippen molar-refractivity contribution in [3.8, 4) is 0 Å². The van der Waals surface area contributed by atoms with Crippen LogP contribution in [0.2, 0.25) is 0 Å². The summed E-state index contributed by atoms with van der Waals surface area (Å²) < 4.78 is 0. The third-order valence-electron chi connectivity index (χ3n) is 5.09. The van der Waals surface area contributed by atoms with Gasteiger partial charge in [-0.25, -0.2) is 9.97 Å². The van der Waals surface area contributed by atoms with E-state index in [-0.39, 0.29) is 0 Å². The Morgan fingerprint density at radius 3 is 2.62 bits per heavy atom. The van der Waals surface area contributed by atoms with Crippen molar-refractivity contribution in [2.24, 2.45) is 0 Å². The SMILES string of the molecule is Cc1sc2ncnc(N(Cc3ccncc3)C3CCCC3)c2c1C. The second-order valence-electron chi connectivity index (χ2n) is 6.58. The van der Waals surface area contributed by atoms with E-state index >= 15 is 0 Å². The summed E-state index contributed by atoms with van der Waals surface area (Å²) in [5.41, 5.74) is 2.61. The van der Waals surface area contributed by atoms with Crippen LogP contribution in [-0.2, 0) is 6.54 Å². The van der Waals surface area contributed by atoms with Crippen molar-refractivity contribution in [3.05, 3.63) is 46.9 Å². The predicted octanol–water partition coefficient (Wildman–Crippen LogP) is 4.65. The van der Waals surface area contributed by atoms with Crippen molar-refractivity contribution in [1.29, 1.82) is 0 Å². The molecule has 24 heavy (non-hydrogen) atoms. The number of rotatable bonds is 4. The summed E-state index contributed by atoms with van der Waals surface area (Å²) in [6, 6.07) is 4.77. The van der Waals surface area contributed by atoms with Gasteiger partial charge in [-0.2, -0.15) is 0 Å². The van der Waals surface area contributed by atoms with Crippen LogP contribution >= 0.6 is 11.3 Å². The van der Waals surface area contributed by atoms with Gasteiger partial charge in [0, 0.05) is 29.9 Å². The number of hydrogen-bond acceptors (Lipinski definition) is 5. The molecule has 1 aliphatic rings. The van der Waals surface area contributed by atoms with Crippen LogP contribution in [0.1, 0.15) is 41.7 Å². The van der Waals surface area contributed by atoms with Crippen LogP contribution < -0.4 is 4.90 Å². The fraction of sp³-hybridized carbons (Fsp3) is 0.421. The predicted molar refractivity (Wildman–Crippen MR) is 99.6 cm³/mol. The Hall–Kier alpha value is -2.01. The molecule has 1 saturated carbocycles. The molecule has 4 rings (SSSR count). The molecule has 124 valence electrons. The Morgan fingerprint density at radius 2 is 1.88 bits per heavy atom. The van der Waals surface area contributed by atoms with E-state index < -0.39 is 0 Å². The highest BCUT2D eigenvalue weighted by Crippen LogP contribution is 2.37. The second-order valence-corrected chi connectivity index (χ2v) is 7.79. The fourth-order valence-corrected chi connectivity index (χ4v) is 4.65. The largest absolute Gasteiger partial charge is 0.349 e. The summed E-state index contributed by atoms with van der Waals surface area (Å²) in [6.07, 6.45) is 10.6. The smallest absolute Gasteiger partial charge is 0.141 e. The lowest BCUT2D eigenvalue weighted by Crippen LogP contribution is -2.33. The maximum absolute atomic E-state index is 4.73. The van der Waals surface area contributed by atoms with Gasteiger partial charge >= 0.3 is 0 Å². The molecule has 0 saturated heterocycles. The Balaban J connectivity index is 1.81. The zero-order valence-corrected chi connectivity index (χ0v) is 15.0. The molecule has 0 unspecified atom stereocenters. The number of aryl methyl sites for hydroxylation is 2. The summed E-state index contributed by atoms with van der Waals surface area (Å²) in [6.45, 7) is 5.25. The number of fused-ring (bicyclic) bond motifs is 1. The van der Waals surface area contributed by atoms with E-state index in [0.717, 1.165) is 17.2 Å². The van der Waals surface area contributed by atoms with Crippen molar-refractivity contribution < 1.29 is 0 Å². The van der Waals surface area contributed by atoms with Crippen LogP contribution in [0.3, 0.4) is 0 Å². The normalized spacial score (nSPS) is 15.2. The van der Waals surface area contributed by atoms with Gasteiger partial charge in [0.25, 0.3) is 0 Å². The van der Waals surface area contributed by atoms with Crippen molar-refractivity contribution >= 4 is 27.4 Å². The molecule has 0 atom stereocenters. The molecular formula is C19H22N4S. The zero-order valence-electron chi connectivity index (χ0n) is 14.2. The van der Waals surface area contributed by atoms with Gasteiger partial charge in [0.15, 0.2) is 0 Å². The first-order chi connectivity index (χ1) is 11.7. The minimum atomic E-state index is 0.566. The molecule has 1 fully saturated rings. The number of hydrogen-bond donors (Lipinski definition) is 0. The van der Waals surface area contributed by atoms with Gasteiger partial charge in [0.2, 0.25) is 0 Å². The summed E-state index contributed by atoms with van der Waals surface area (Å²) in [5, 5.41) is 1.24. The number of anilines is 1. The first-order valence-corrected chi connectivity index (χ1v) is 9.42. The second kappa shape index (κ2) is 6.48. The van der Waals surface area contributed by atoms with Crippen LogP contribution in [0.15, 0.2) is 30.9 Å². The van der Waals surface area contributed by atoms with E-state index in [1.165, 1.54) is 47.1 Å². The molecule has 0 radical (unpaired) electrons. The molecule has 5 heteroatoms. The van der Waals surface area contributed by atoms with Crippen molar-refractivity contribution in [2.45, 2.75) is 52.1 Å². The lowest BCUT2D eigenvalue weighted by molar-refractivity contribution is 0.599. The van der Waals surface area contributed by atoms with E-state index in [1.807, 2.05) is 12.4 Å². The minimum absolute atomic E-state index is 0.566. The van der Waals surface area contributed by atoms with Crippen molar-refractivity contribution in [2.75, 3.05) is 4.90 Å². The molecule has 0 N–H and O–H groups in total. The summed E-state index contributed by atoms with van der Waals surface area (Å²) in [5.74, 6) is 1.10. The van der Waals surface area contributed by atoms with Crippen molar-refractivity contribution in [1.82, 2.24) is 15.0 Å². The Kier molecular flexibility index (Phi) is 4.19. The zero-order chi connectivity index (χ0) is 16.5. The summed E-state index contributed by atoms with van der Waals surface area (Å²) in [7, 11) is 0. The minimum Gasteiger partial charge on any atom is -0.349 e. The fourth-order valence-electron chi connectivity index (χ4n) is 3.66. The van der Waals surface area contributed by atoms with E-state index in [0.29, 0.717) is 6.04 Å². The van der Waals surface area contributed by atoms with Gasteiger partial charge in [-0.15, -0.1) is 11.3 Å². The van der Waals surface area contributed by atoms with Gasteiger partial charge < -0.3 is 4.90 Å². The summed E-state index contributed by atoms with van der Waals surface area (Å²) >= 11 is 1.77. The molecule has 0 aliphatic heterocycles. The molecule has 0 spiro atoms. The van der Waals surface area contributed by atoms with Crippen molar-refractivity contribution in [3.63, 3.8) is 0 Å². The molecule has 0 bridgehead atoms. The van der Waals surface area contributed by atoms with Crippen LogP contribution in [0.4, 0.5) is 5.82 Å². The molecule has 3 heterocycles. The third kappa shape index (κ3) is 2.77. The van der Waals surface area contributed by atoms with Crippen LogP contribution in [0, 0.1) is 13.8 Å². The van der Waals surface area contributed by atoms with E-state index in [1.54, 1.807) is 17.7 Å². The van der Waals surface area contributed by atoms with Gasteiger partial charge in [0.05, 0.1) is 5.39 Å². The molecule has 0 amide bonds. The number of nitrogens with zero attached hydrogens (tertiary/aromatic N) is 4. The standard InChI is InChI=1S/C19H22N4S/c1-13-14(2)24-19-17(13)18(21-12-22-19)23(16-5-3-4-6-16)11-15-7-9-20-10-8-15/h7-10,12,16H,3-6,11H2,1-2H3. The molecule has 4 nitrogen and oxygen atoms in total. The maximum Gasteiger partial charge on any atom is 0.141 e. The first-order valence-electron chi connectivity index (χ1n) is 8.60. The summed E-state index contributed by atoms with van der Waals surface area (Å²) in [4.78, 5) is 18.3. The number of pyridine rings is 1. The lowest BCUT2D eigenvalue weighted by atomic mass is 10.1. The van der Waals surface area contributed by atoms with Crippen LogP contribution in [-0.4, -0.2) is 21.0 Å². The highest BCUT2D eigenvalue weighted by molar-refractivity contribution is 7.18. The Morgan fingerprint density at radius 1 is 1.12 bits per heavy atom. The maximum atomic E-state index is 4.73. The molecule has 3 aromatic heterocycles. The van der Waals surface area contributed by atoms with Crippen LogP contribution in [0.25, 0.3) is 10.2 Å². The average molecular weight is 338 g/mol. The highest BCUT2D eigenvalue weighted by atomic mass is 32.1. The number of thiophene rings is 1.